The molecule has 1 aliphatic carbocycles. The van der Waals surface area contributed by atoms with Gasteiger partial charge in [-0.2, -0.15) is 0 Å². The Bertz CT molecular complexity index is 404. The maximum absolute atomic E-state index is 11.9. The van der Waals surface area contributed by atoms with Gasteiger partial charge in [-0.25, -0.2) is 8.78 Å². The molecule has 2 rings (SSSR count). The molecule has 3 nitrogen and oxygen atoms in total. The number of hydrogen-bond donors (Lipinski definition) is 1. The molecule has 1 aromatic rings. The molecule has 102 valence electrons. The van der Waals surface area contributed by atoms with Crippen molar-refractivity contribution < 1.29 is 18.6 Å². The molecule has 0 aliphatic heterocycles. The molecule has 1 aromatic heterocycles. The van der Waals surface area contributed by atoms with Crippen LogP contribution in [0.5, 0.6) is 0 Å². The van der Waals surface area contributed by atoms with Crippen LogP contribution in [0, 0.1) is 6.92 Å². The number of aliphatic hydroxyl groups is 1. The fourth-order valence-electron chi connectivity index (χ4n) is 2.58. The zero-order valence-corrected chi connectivity index (χ0v) is 10.5. The first-order valence-corrected chi connectivity index (χ1v) is 6.32. The molecule has 1 atom stereocenters. The second-order valence-corrected chi connectivity index (χ2v) is 4.71. The SMILES string of the molecule is Cc1cc2c(n1CCOCC(F)F)CCCC2O. The third-order valence-electron chi connectivity index (χ3n) is 3.40. The van der Waals surface area contributed by atoms with Crippen molar-refractivity contribution in [1.82, 2.24) is 4.57 Å². The molecular weight excluding hydrogens is 240 g/mol. The maximum Gasteiger partial charge on any atom is 0.261 e. The summed E-state index contributed by atoms with van der Waals surface area (Å²) < 4.78 is 30.9. The quantitative estimate of drug-likeness (QED) is 0.824. The van der Waals surface area contributed by atoms with Crippen molar-refractivity contribution in [3.05, 3.63) is 23.0 Å². The van der Waals surface area contributed by atoms with Crippen molar-refractivity contribution in [3.8, 4) is 0 Å². The zero-order valence-electron chi connectivity index (χ0n) is 10.5. The molecule has 0 aromatic carbocycles. The molecule has 1 N–H and O–H groups in total. The van der Waals surface area contributed by atoms with E-state index in [0.29, 0.717) is 6.54 Å². The Morgan fingerprint density at radius 2 is 2.33 bits per heavy atom. The lowest BCUT2D eigenvalue weighted by Crippen LogP contribution is -2.16. The minimum atomic E-state index is -2.41. The van der Waals surface area contributed by atoms with Gasteiger partial charge in [-0.15, -0.1) is 0 Å². The summed E-state index contributed by atoms with van der Waals surface area (Å²) in [5.74, 6) is 0. The van der Waals surface area contributed by atoms with Gasteiger partial charge in [0.05, 0.1) is 12.7 Å². The van der Waals surface area contributed by atoms with Crippen LogP contribution in [0.25, 0.3) is 0 Å². The van der Waals surface area contributed by atoms with Gasteiger partial charge in [-0.3, -0.25) is 0 Å². The van der Waals surface area contributed by atoms with E-state index >= 15 is 0 Å². The number of fused-ring (bicyclic) bond motifs is 1. The number of hydrogen-bond acceptors (Lipinski definition) is 2. The normalized spacial score (nSPS) is 19.3. The highest BCUT2D eigenvalue weighted by molar-refractivity contribution is 5.31. The lowest BCUT2D eigenvalue weighted by atomic mass is 9.95. The molecule has 1 aliphatic rings. The molecule has 0 amide bonds. The van der Waals surface area contributed by atoms with E-state index in [-0.39, 0.29) is 12.7 Å². The molecule has 1 unspecified atom stereocenters. The van der Waals surface area contributed by atoms with Crippen molar-refractivity contribution >= 4 is 0 Å². The summed E-state index contributed by atoms with van der Waals surface area (Å²) in [5.41, 5.74) is 3.18. The fourth-order valence-corrected chi connectivity index (χ4v) is 2.58. The Labute approximate surface area is 105 Å². The van der Waals surface area contributed by atoms with Gasteiger partial charge in [0.2, 0.25) is 0 Å². The van der Waals surface area contributed by atoms with Gasteiger partial charge in [0.25, 0.3) is 6.43 Å². The minimum Gasteiger partial charge on any atom is -0.388 e. The van der Waals surface area contributed by atoms with Gasteiger partial charge in [-0.05, 0) is 32.3 Å². The van der Waals surface area contributed by atoms with Crippen LogP contribution in [0.3, 0.4) is 0 Å². The van der Waals surface area contributed by atoms with Crippen molar-refractivity contribution in [3.63, 3.8) is 0 Å². The molecule has 18 heavy (non-hydrogen) atoms. The van der Waals surface area contributed by atoms with Crippen LogP contribution >= 0.6 is 0 Å². The molecule has 1 heterocycles. The summed E-state index contributed by atoms with van der Waals surface area (Å²) in [6.07, 6.45) is -0.0784. The Balaban J connectivity index is 2.00. The largest absolute Gasteiger partial charge is 0.388 e. The van der Waals surface area contributed by atoms with E-state index in [0.717, 1.165) is 36.2 Å². The number of nitrogens with zero attached hydrogens (tertiary/aromatic N) is 1. The first kappa shape index (κ1) is 13.5. The number of ether oxygens (including phenoxy) is 1. The van der Waals surface area contributed by atoms with Gasteiger partial charge in [0.15, 0.2) is 0 Å². The van der Waals surface area contributed by atoms with Crippen LogP contribution in [-0.2, 0) is 17.7 Å². The maximum atomic E-state index is 11.9. The fraction of sp³-hybridized carbons (Fsp3) is 0.692. The Morgan fingerprint density at radius 1 is 1.56 bits per heavy atom. The molecule has 0 radical (unpaired) electrons. The van der Waals surface area contributed by atoms with Gasteiger partial charge in [0.1, 0.15) is 6.61 Å². The van der Waals surface area contributed by atoms with Crippen molar-refractivity contribution in [2.75, 3.05) is 13.2 Å². The number of rotatable bonds is 5. The molecule has 0 saturated heterocycles. The van der Waals surface area contributed by atoms with E-state index in [9.17, 15) is 13.9 Å². The molecule has 5 heteroatoms. The number of aliphatic hydroxyl groups excluding tert-OH is 1. The van der Waals surface area contributed by atoms with Gasteiger partial charge in [0, 0.05) is 23.5 Å². The van der Waals surface area contributed by atoms with Crippen molar-refractivity contribution in [1.29, 1.82) is 0 Å². The van der Waals surface area contributed by atoms with E-state index in [4.69, 9.17) is 4.74 Å². The topological polar surface area (TPSA) is 34.4 Å². The highest BCUT2D eigenvalue weighted by atomic mass is 19.3. The average molecular weight is 259 g/mol. The van der Waals surface area contributed by atoms with Gasteiger partial charge in [-0.1, -0.05) is 0 Å². The number of alkyl halides is 2. The van der Waals surface area contributed by atoms with E-state index in [1.54, 1.807) is 0 Å². The molecule has 0 fully saturated rings. The van der Waals surface area contributed by atoms with Crippen LogP contribution in [0.15, 0.2) is 6.07 Å². The highest BCUT2D eigenvalue weighted by Crippen LogP contribution is 2.31. The highest BCUT2D eigenvalue weighted by Gasteiger charge is 2.22. The van der Waals surface area contributed by atoms with E-state index in [1.165, 1.54) is 0 Å². The minimum absolute atomic E-state index is 0.280. The average Bonchev–Trinajstić information content (AvgIpc) is 2.63. The summed E-state index contributed by atoms with van der Waals surface area (Å²) in [7, 11) is 0. The van der Waals surface area contributed by atoms with E-state index in [2.05, 4.69) is 4.57 Å². The summed E-state index contributed by atoms with van der Waals surface area (Å²) in [6, 6.07) is 1.99. The smallest absolute Gasteiger partial charge is 0.261 e. The van der Waals surface area contributed by atoms with Crippen LogP contribution in [0.1, 0.15) is 35.9 Å². The molecule has 0 bridgehead atoms. The lowest BCUT2D eigenvalue weighted by molar-refractivity contribution is 0.0144. The lowest BCUT2D eigenvalue weighted by Gasteiger charge is -2.20. The number of aromatic nitrogens is 1. The summed E-state index contributed by atoms with van der Waals surface area (Å²) in [4.78, 5) is 0. The van der Waals surface area contributed by atoms with Crippen LogP contribution < -0.4 is 0 Å². The standard InChI is InChI=1S/C13H19F2NO2/c1-9-7-10-11(3-2-4-12(10)17)16(9)5-6-18-8-13(14)15/h7,12-13,17H,2-6,8H2,1H3. The summed E-state index contributed by atoms with van der Waals surface area (Å²) >= 11 is 0. The second kappa shape index (κ2) is 5.80. The predicted octanol–water partition coefficient (Wildman–Crippen LogP) is 2.45. The molecular formula is C13H19F2NO2. The third-order valence-corrected chi connectivity index (χ3v) is 3.40. The Morgan fingerprint density at radius 3 is 3.06 bits per heavy atom. The molecule has 0 saturated carbocycles. The van der Waals surface area contributed by atoms with E-state index in [1.807, 2.05) is 13.0 Å². The zero-order chi connectivity index (χ0) is 13.1. The van der Waals surface area contributed by atoms with Crippen LogP contribution in [-0.4, -0.2) is 29.3 Å². The predicted molar refractivity (Wildman–Crippen MR) is 63.9 cm³/mol. The Kier molecular flexibility index (Phi) is 4.35. The van der Waals surface area contributed by atoms with Crippen LogP contribution in [0.4, 0.5) is 8.78 Å². The summed E-state index contributed by atoms with van der Waals surface area (Å²) in [6.45, 7) is 2.31. The second-order valence-electron chi connectivity index (χ2n) is 4.71. The van der Waals surface area contributed by atoms with E-state index < -0.39 is 13.0 Å². The first-order valence-electron chi connectivity index (χ1n) is 6.32. The molecule has 0 spiro atoms. The Hall–Kier alpha value is -0.940. The van der Waals surface area contributed by atoms with Crippen molar-refractivity contribution in [2.24, 2.45) is 0 Å². The van der Waals surface area contributed by atoms with Crippen molar-refractivity contribution in [2.45, 2.75) is 45.3 Å². The number of aryl methyl sites for hydroxylation is 1. The first-order chi connectivity index (χ1) is 8.59. The van der Waals surface area contributed by atoms with Crippen LogP contribution in [0.2, 0.25) is 0 Å². The monoisotopic (exact) mass is 259 g/mol. The van der Waals surface area contributed by atoms with Gasteiger partial charge >= 0.3 is 0 Å². The van der Waals surface area contributed by atoms with Gasteiger partial charge < -0.3 is 14.4 Å². The summed E-state index contributed by atoms with van der Waals surface area (Å²) in [5, 5.41) is 9.90. The third kappa shape index (κ3) is 2.90. The number of halogens is 2.